The Kier molecular flexibility index (Phi) is 3.22. The quantitative estimate of drug-likeness (QED) is 0.437. The van der Waals surface area contributed by atoms with Crippen LogP contribution >= 0.6 is 0 Å². The summed E-state index contributed by atoms with van der Waals surface area (Å²) in [6, 6.07) is 14.1. The van der Waals surface area contributed by atoms with Crippen LogP contribution in [0.3, 0.4) is 0 Å². The standard InChI is InChI=1S/C20H13N4.Co/c1-2-14-10-16-5-6-18(23-16)12-20-8-7-19(24-20)11-17-4-3-15(22-17)9-13(1)21-14;/h1-7,9-12,21,24H;. The Hall–Kier alpha value is -2.89. The third kappa shape index (κ3) is 2.84. The Morgan fingerprint density at radius 2 is 1.12 bits per heavy atom. The topological polar surface area (TPSA) is 57.4 Å². The van der Waals surface area contributed by atoms with Gasteiger partial charge in [-0.1, -0.05) is 0 Å². The van der Waals surface area contributed by atoms with E-state index < -0.39 is 0 Å². The second-order valence-corrected chi connectivity index (χ2v) is 6.56. The van der Waals surface area contributed by atoms with Crippen LogP contribution in [0.1, 0.15) is 22.8 Å². The monoisotopic (exact) mass is 368 g/mol. The van der Waals surface area contributed by atoms with Gasteiger partial charge in [0, 0.05) is 0 Å². The van der Waals surface area contributed by atoms with Crippen molar-refractivity contribution in [2.24, 2.45) is 0 Å². The van der Waals surface area contributed by atoms with Crippen LogP contribution < -0.4 is 4.50 Å². The van der Waals surface area contributed by atoms with Gasteiger partial charge in [-0.15, -0.1) is 0 Å². The van der Waals surface area contributed by atoms with Crippen molar-refractivity contribution in [2.45, 2.75) is 0 Å². The molecule has 4 nitrogen and oxygen atoms in total. The molecule has 25 heavy (non-hydrogen) atoms. The van der Waals surface area contributed by atoms with Crippen molar-refractivity contribution in [3.8, 4) is 0 Å². The number of fused-ring (bicyclic) bond motifs is 8. The van der Waals surface area contributed by atoms with Crippen LogP contribution in [-0.4, -0.2) is 19.9 Å². The van der Waals surface area contributed by atoms with E-state index in [-0.39, 0.29) is 0 Å². The van der Waals surface area contributed by atoms with Crippen molar-refractivity contribution < 1.29 is 15.7 Å². The van der Waals surface area contributed by atoms with Crippen molar-refractivity contribution in [3.63, 3.8) is 0 Å². The van der Waals surface area contributed by atoms with Gasteiger partial charge in [0.25, 0.3) is 0 Å². The van der Waals surface area contributed by atoms with Gasteiger partial charge in [-0.05, 0) is 0 Å². The summed E-state index contributed by atoms with van der Waals surface area (Å²) in [7, 11) is 0. The van der Waals surface area contributed by atoms with Gasteiger partial charge in [0.2, 0.25) is 0 Å². The molecule has 0 fully saturated rings. The minimum absolute atomic E-state index is 0.878. The maximum absolute atomic E-state index is 4.64. The first-order valence-electron chi connectivity index (χ1n) is 7.93. The average Bonchev–Trinajstić information content (AvgIpc) is 3.33. The molecule has 2 aliphatic rings. The first-order valence-corrected chi connectivity index (χ1v) is 8.45. The summed E-state index contributed by atoms with van der Waals surface area (Å²) in [5.41, 5.74) is 7.57. The Bertz CT molecular complexity index is 1210. The molecular formula is C20H13CoN4. The molecule has 0 aromatic carbocycles. The molecule has 0 saturated heterocycles. The normalized spacial score (nSPS) is 12.7. The third-order valence-corrected chi connectivity index (χ3v) is 4.53. The predicted octanol–water partition coefficient (Wildman–Crippen LogP) is 3.83. The fourth-order valence-corrected chi connectivity index (χ4v) is 3.27. The molecule has 5 heterocycles. The number of nitrogens with zero attached hydrogens (tertiary/aromatic N) is 2. The summed E-state index contributed by atoms with van der Waals surface area (Å²) < 4.78 is 0.878. The molecule has 122 valence electrons. The fraction of sp³-hybridized carbons (Fsp3) is 0. The van der Waals surface area contributed by atoms with Gasteiger partial charge >= 0.3 is 152 Å². The van der Waals surface area contributed by atoms with Crippen molar-refractivity contribution in [2.75, 3.05) is 0 Å². The number of hydrogen-bond acceptors (Lipinski definition) is 2. The van der Waals surface area contributed by atoms with Crippen molar-refractivity contribution in [3.05, 3.63) is 65.2 Å². The molecule has 3 aromatic rings. The van der Waals surface area contributed by atoms with Crippen LogP contribution in [0.4, 0.5) is 0 Å². The van der Waals surface area contributed by atoms with Crippen molar-refractivity contribution >= 4 is 50.9 Å². The Morgan fingerprint density at radius 1 is 0.600 bits per heavy atom. The molecular weight excluding hydrogens is 355 g/mol. The summed E-state index contributed by atoms with van der Waals surface area (Å²) in [4.78, 5) is 16.0. The van der Waals surface area contributed by atoms with Crippen molar-refractivity contribution in [1.29, 1.82) is 0 Å². The molecule has 0 unspecified atom stereocenters. The van der Waals surface area contributed by atoms with Crippen LogP contribution in [-0.2, 0) is 15.7 Å². The zero-order chi connectivity index (χ0) is 16.8. The van der Waals surface area contributed by atoms with E-state index in [1.54, 1.807) is 0 Å². The van der Waals surface area contributed by atoms with E-state index in [1.165, 1.54) is 0 Å². The van der Waals surface area contributed by atoms with E-state index in [4.69, 9.17) is 0 Å². The number of nitrogens with one attached hydrogen (secondary N) is 2. The van der Waals surface area contributed by atoms with E-state index in [0.717, 1.165) is 49.3 Å². The summed E-state index contributed by atoms with van der Waals surface area (Å²) in [5.74, 6) is 0. The zero-order valence-electron chi connectivity index (χ0n) is 13.1. The first kappa shape index (κ1) is 14.4. The molecule has 0 radical (unpaired) electrons. The van der Waals surface area contributed by atoms with E-state index in [9.17, 15) is 0 Å². The molecule has 2 aliphatic heterocycles. The SMILES string of the molecule is [Co][c]1cc2cc3nc(cc4ccc(cc5nc(cc1[nH]2)C=C5)[nH]4)C=C3. The Labute approximate surface area is 152 Å². The summed E-state index contributed by atoms with van der Waals surface area (Å²) in [6.45, 7) is 0. The molecule has 0 atom stereocenters. The fourth-order valence-electron chi connectivity index (χ4n) is 2.97. The third-order valence-electron chi connectivity index (χ3n) is 4.10. The molecule has 0 spiro atoms. The van der Waals surface area contributed by atoms with Gasteiger partial charge in [0.15, 0.2) is 0 Å². The van der Waals surface area contributed by atoms with Gasteiger partial charge in [-0.3, -0.25) is 0 Å². The number of aromatic amines is 2. The molecule has 0 saturated carbocycles. The minimum atomic E-state index is 0.878. The summed E-state index contributed by atoms with van der Waals surface area (Å²) >= 11 is 4.62. The predicted molar refractivity (Wildman–Crippen MR) is 98.5 cm³/mol. The molecule has 5 rings (SSSR count). The van der Waals surface area contributed by atoms with E-state index >= 15 is 0 Å². The van der Waals surface area contributed by atoms with E-state index in [2.05, 4.69) is 35.7 Å². The van der Waals surface area contributed by atoms with E-state index in [1.807, 2.05) is 66.8 Å². The number of aromatic nitrogens is 4. The Morgan fingerprint density at radius 3 is 1.72 bits per heavy atom. The Balaban J connectivity index is 1.87. The van der Waals surface area contributed by atoms with Gasteiger partial charge in [0.05, 0.1) is 0 Å². The van der Waals surface area contributed by atoms with Gasteiger partial charge in [-0.25, -0.2) is 0 Å². The second-order valence-electron chi connectivity index (χ2n) is 6.00. The van der Waals surface area contributed by atoms with E-state index in [0.29, 0.717) is 0 Å². The van der Waals surface area contributed by atoms with Crippen LogP contribution in [0.15, 0.2) is 42.5 Å². The molecule has 0 aliphatic carbocycles. The molecule has 3 aromatic heterocycles. The van der Waals surface area contributed by atoms with Crippen LogP contribution in [0.2, 0.25) is 0 Å². The summed E-state index contributed by atoms with van der Waals surface area (Å²) in [5, 5.41) is 0. The average molecular weight is 368 g/mol. The van der Waals surface area contributed by atoms with Gasteiger partial charge in [-0.2, -0.15) is 0 Å². The number of rotatable bonds is 0. The second kappa shape index (κ2) is 5.58. The number of hydrogen-bond donors (Lipinski definition) is 2. The van der Waals surface area contributed by atoms with Crippen molar-refractivity contribution in [1.82, 2.24) is 19.9 Å². The molecule has 5 heteroatoms. The van der Waals surface area contributed by atoms with Crippen LogP contribution in [0.25, 0.3) is 46.4 Å². The van der Waals surface area contributed by atoms with Gasteiger partial charge in [0.1, 0.15) is 0 Å². The molecule has 2 N–H and O–H groups in total. The molecule has 8 bridgehead atoms. The zero-order valence-corrected chi connectivity index (χ0v) is 14.1. The number of H-pyrrole nitrogens is 2. The van der Waals surface area contributed by atoms with Gasteiger partial charge < -0.3 is 0 Å². The first-order chi connectivity index (χ1) is 12.2. The van der Waals surface area contributed by atoms with Crippen LogP contribution in [0.5, 0.6) is 0 Å². The molecule has 0 amide bonds. The summed E-state index contributed by atoms with van der Waals surface area (Å²) in [6.07, 6.45) is 8.02. The maximum atomic E-state index is 4.64. The van der Waals surface area contributed by atoms with Crippen LogP contribution in [0, 0.1) is 0 Å².